The molecule has 6 heteroatoms. The molecule has 0 fully saturated rings. The summed E-state index contributed by atoms with van der Waals surface area (Å²) in [5.74, 6) is 0.116. The first-order valence-corrected chi connectivity index (χ1v) is 6.86. The molecule has 0 unspecified atom stereocenters. The third kappa shape index (κ3) is 3.04. The maximum atomic E-state index is 11.9. The van der Waals surface area contributed by atoms with Crippen molar-refractivity contribution in [2.75, 3.05) is 6.61 Å². The number of aromatic nitrogens is 1. The minimum Gasteiger partial charge on any atom is -0.487 e. The quantitative estimate of drug-likeness (QED) is 0.763. The third-order valence-corrected chi connectivity index (χ3v) is 4.24. The average Bonchev–Trinajstić information content (AvgIpc) is 2.43. The molecule has 0 saturated carbocycles. The Bertz CT molecular complexity index is 427. The van der Waals surface area contributed by atoms with Gasteiger partial charge in [0.15, 0.2) is 11.4 Å². The van der Waals surface area contributed by atoms with Crippen molar-refractivity contribution in [3.8, 4) is 5.75 Å². The molecule has 0 bridgehead atoms. The van der Waals surface area contributed by atoms with E-state index in [1.54, 1.807) is 18.5 Å². The third-order valence-electron chi connectivity index (χ3n) is 2.05. The largest absolute Gasteiger partial charge is 0.487 e. The average molecular weight is 369 g/mol. The first kappa shape index (κ1) is 14.6. The van der Waals surface area contributed by atoms with Crippen LogP contribution in [0.5, 0.6) is 5.75 Å². The molecular formula is C11H15Br2NO3. The van der Waals surface area contributed by atoms with E-state index in [1.807, 2.05) is 13.8 Å². The van der Waals surface area contributed by atoms with Gasteiger partial charge < -0.3 is 14.0 Å². The highest BCUT2D eigenvalue weighted by atomic mass is 79.9. The van der Waals surface area contributed by atoms with Crippen LogP contribution in [0.4, 0.5) is 0 Å². The van der Waals surface area contributed by atoms with Crippen LogP contribution >= 0.6 is 31.9 Å². The molecule has 0 aliphatic heterocycles. The monoisotopic (exact) mass is 367 g/mol. The summed E-state index contributed by atoms with van der Waals surface area (Å²) in [5.41, 5.74) is 0.402. The Morgan fingerprint density at radius 3 is 2.47 bits per heavy atom. The number of rotatable bonds is 4. The van der Waals surface area contributed by atoms with Crippen molar-refractivity contribution >= 4 is 37.8 Å². The van der Waals surface area contributed by atoms with Gasteiger partial charge >= 0.3 is 5.97 Å². The van der Waals surface area contributed by atoms with Gasteiger partial charge in [-0.1, -0.05) is 0 Å². The molecule has 0 atom stereocenters. The highest BCUT2D eigenvalue weighted by Crippen LogP contribution is 2.39. The van der Waals surface area contributed by atoms with Crippen molar-refractivity contribution in [1.29, 1.82) is 0 Å². The topological polar surface area (TPSA) is 40.5 Å². The Hall–Kier alpha value is -0.490. The molecular weight excluding hydrogens is 354 g/mol. The van der Waals surface area contributed by atoms with Crippen molar-refractivity contribution < 1.29 is 14.3 Å². The smallest absolute Gasteiger partial charge is 0.358 e. The number of carbonyl (C=O) groups excluding carboxylic acids is 1. The molecule has 0 spiro atoms. The maximum absolute atomic E-state index is 11.9. The van der Waals surface area contributed by atoms with Gasteiger partial charge in [0.2, 0.25) is 0 Å². The lowest BCUT2D eigenvalue weighted by molar-refractivity contribution is 0.0508. The predicted molar refractivity (Wildman–Crippen MR) is 72.5 cm³/mol. The van der Waals surface area contributed by atoms with Crippen LogP contribution in [0, 0.1) is 0 Å². The molecule has 0 aromatic carbocycles. The number of nitrogens with zero attached hydrogens (tertiary/aromatic N) is 1. The van der Waals surface area contributed by atoms with Gasteiger partial charge in [-0.3, -0.25) is 0 Å². The Labute approximate surface area is 118 Å². The Kier molecular flexibility index (Phi) is 5.06. The van der Waals surface area contributed by atoms with Crippen LogP contribution in [0.2, 0.25) is 0 Å². The summed E-state index contributed by atoms with van der Waals surface area (Å²) < 4.78 is 13.8. The molecule has 0 aliphatic rings. The van der Waals surface area contributed by atoms with Crippen LogP contribution in [0.1, 0.15) is 31.3 Å². The van der Waals surface area contributed by atoms with Crippen LogP contribution in [0.25, 0.3) is 0 Å². The molecule has 17 heavy (non-hydrogen) atoms. The molecule has 1 rings (SSSR count). The fourth-order valence-electron chi connectivity index (χ4n) is 1.37. The summed E-state index contributed by atoms with van der Waals surface area (Å²) in [5, 5.41) is 0. The van der Waals surface area contributed by atoms with Crippen molar-refractivity contribution in [3.05, 3.63) is 14.8 Å². The number of halogens is 2. The van der Waals surface area contributed by atoms with E-state index in [2.05, 4.69) is 31.9 Å². The van der Waals surface area contributed by atoms with Crippen molar-refractivity contribution in [2.45, 2.75) is 26.9 Å². The van der Waals surface area contributed by atoms with Gasteiger partial charge in [0.05, 0.1) is 17.2 Å². The summed E-state index contributed by atoms with van der Waals surface area (Å²) in [6.07, 6.45) is -0.0197. The summed E-state index contributed by atoms with van der Waals surface area (Å²) in [6.45, 7) is 5.92. The summed E-state index contributed by atoms with van der Waals surface area (Å²) in [4.78, 5) is 11.9. The standard InChI is InChI=1S/C11H15Br2NO3/c1-5-16-11(15)8-9(17-6(2)3)7(12)10(13)14(8)4/h6H,5H2,1-4H3. The minimum atomic E-state index is -0.392. The van der Waals surface area contributed by atoms with Crippen molar-refractivity contribution in [2.24, 2.45) is 7.05 Å². The fourth-order valence-corrected chi connectivity index (χ4v) is 2.27. The molecule has 0 radical (unpaired) electrons. The molecule has 0 amide bonds. The first-order valence-electron chi connectivity index (χ1n) is 5.27. The van der Waals surface area contributed by atoms with Crippen molar-refractivity contribution in [1.82, 2.24) is 4.57 Å². The summed E-state index contributed by atoms with van der Waals surface area (Å²) >= 11 is 6.79. The Morgan fingerprint density at radius 2 is 2.00 bits per heavy atom. The van der Waals surface area contributed by atoms with E-state index in [9.17, 15) is 4.79 Å². The lowest BCUT2D eigenvalue weighted by atomic mass is 10.4. The van der Waals surface area contributed by atoms with Gasteiger partial charge in [-0.25, -0.2) is 4.79 Å². The highest BCUT2D eigenvalue weighted by molar-refractivity contribution is 9.13. The van der Waals surface area contributed by atoms with Gasteiger partial charge in [0.1, 0.15) is 4.60 Å². The van der Waals surface area contributed by atoms with Gasteiger partial charge in [0, 0.05) is 7.05 Å². The molecule has 96 valence electrons. The second-order valence-corrected chi connectivity index (χ2v) is 5.27. The van der Waals surface area contributed by atoms with Crippen LogP contribution in [-0.2, 0) is 11.8 Å². The van der Waals surface area contributed by atoms with E-state index < -0.39 is 5.97 Å². The van der Waals surface area contributed by atoms with E-state index in [0.717, 1.165) is 9.08 Å². The highest BCUT2D eigenvalue weighted by Gasteiger charge is 2.26. The van der Waals surface area contributed by atoms with E-state index in [1.165, 1.54) is 0 Å². The van der Waals surface area contributed by atoms with Crippen LogP contribution < -0.4 is 4.74 Å². The zero-order valence-electron chi connectivity index (χ0n) is 10.2. The lowest BCUT2D eigenvalue weighted by Crippen LogP contribution is -2.14. The van der Waals surface area contributed by atoms with E-state index >= 15 is 0 Å². The van der Waals surface area contributed by atoms with Gasteiger partial charge in [-0.05, 0) is 52.6 Å². The SMILES string of the molecule is CCOC(=O)c1c(OC(C)C)c(Br)c(Br)n1C. The normalized spacial score (nSPS) is 10.8. The molecule has 4 nitrogen and oxygen atoms in total. The Morgan fingerprint density at radius 1 is 1.41 bits per heavy atom. The molecule has 1 aromatic rings. The molecule has 0 saturated heterocycles. The maximum Gasteiger partial charge on any atom is 0.358 e. The number of ether oxygens (including phenoxy) is 2. The zero-order valence-corrected chi connectivity index (χ0v) is 13.4. The minimum absolute atomic E-state index is 0.0197. The number of carbonyl (C=O) groups is 1. The first-order chi connectivity index (χ1) is 7.90. The molecule has 0 N–H and O–H groups in total. The number of hydrogen-bond acceptors (Lipinski definition) is 3. The summed E-state index contributed by atoms with van der Waals surface area (Å²) in [7, 11) is 1.77. The van der Waals surface area contributed by atoms with Crippen LogP contribution in [0.15, 0.2) is 9.08 Å². The lowest BCUT2D eigenvalue weighted by Gasteiger charge is -2.11. The predicted octanol–water partition coefficient (Wildman–Crippen LogP) is 3.51. The number of hydrogen-bond donors (Lipinski definition) is 0. The van der Waals surface area contributed by atoms with E-state index in [4.69, 9.17) is 9.47 Å². The second-order valence-electron chi connectivity index (χ2n) is 3.73. The second kappa shape index (κ2) is 5.91. The Balaban J connectivity index is 3.25. The fraction of sp³-hybridized carbons (Fsp3) is 0.545. The van der Waals surface area contributed by atoms with Crippen LogP contribution in [-0.4, -0.2) is 23.2 Å². The van der Waals surface area contributed by atoms with Crippen molar-refractivity contribution in [3.63, 3.8) is 0 Å². The van der Waals surface area contributed by atoms with Gasteiger partial charge in [0.25, 0.3) is 0 Å². The van der Waals surface area contributed by atoms with E-state index in [0.29, 0.717) is 18.1 Å². The molecule has 0 aliphatic carbocycles. The van der Waals surface area contributed by atoms with Crippen LogP contribution in [0.3, 0.4) is 0 Å². The van der Waals surface area contributed by atoms with E-state index in [-0.39, 0.29) is 6.10 Å². The summed E-state index contributed by atoms with van der Waals surface area (Å²) in [6, 6.07) is 0. The number of esters is 1. The van der Waals surface area contributed by atoms with Gasteiger partial charge in [-0.2, -0.15) is 0 Å². The molecule has 1 aromatic heterocycles. The van der Waals surface area contributed by atoms with Gasteiger partial charge in [-0.15, -0.1) is 0 Å². The zero-order chi connectivity index (χ0) is 13.2. The molecule has 1 heterocycles.